The minimum Gasteiger partial charge on any atom is -0.496 e. The smallest absolute Gasteiger partial charge is 0.339 e. The molecular weight excluding hydrogens is 598 g/mol. The van der Waals surface area contributed by atoms with Gasteiger partial charge in [0.05, 0.1) is 35.1 Å². The number of carbonyl (C=O) groups excluding carboxylic acids is 1. The van der Waals surface area contributed by atoms with E-state index in [0.29, 0.717) is 45.5 Å². The maximum absolute atomic E-state index is 16.2. The van der Waals surface area contributed by atoms with Gasteiger partial charge in [-0.3, -0.25) is 9.69 Å². The Kier molecular flexibility index (Phi) is 5.80. The fourth-order valence-electron chi connectivity index (χ4n) is 7.45. The normalized spacial score (nSPS) is 25.8. The molecular formula is C31H25Cl2FN4O5. The third kappa shape index (κ3) is 3.63. The molecule has 43 heavy (non-hydrogen) atoms. The predicted molar refractivity (Wildman–Crippen MR) is 157 cm³/mol. The molecule has 1 aromatic heterocycles. The molecule has 3 aromatic carbocycles. The lowest BCUT2D eigenvalue weighted by atomic mass is 9.73. The van der Waals surface area contributed by atoms with Crippen LogP contribution >= 0.6 is 23.2 Å². The Morgan fingerprint density at radius 3 is 2.79 bits per heavy atom. The van der Waals surface area contributed by atoms with Gasteiger partial charge in [0.25, 0.3) is 0 Å². The van der Waals surface area contributed by atoms with Crippen molar-refractivity contribution in [3.63, 3.8) is 0 Å². The molecule has 9 nitrogen and oxygen atoms in total. The third-order valence-electron chi connectivity index (χ3n) is 9.37. The van der Waals surface area contributed by atoms with Crippen LogP contribution in [0.15, 0.2) is 48.5 Å². The number of fused-ring (bicyclic) bond motifs is 7. The number of anilines is 1. The van der Waals surface area contributed by atoms with E-state index in [0.717, 1.165) is 12.8 Å². The number of nitrogens with one attached hydrogen (secondary N) is 1. The van der Waals surface area contributed by atoms with Gasteiger partial charge in [0, 0.05) is 28.7 Å². The first kappa shape index (κ1) is 26.7. The molecule has 8 rings (SSSR count). The number of carbonyl (C=O) groups is 2. The Balaban J connectivity index is 1.43. The number of nitrogens with zero attached hydrogens (tertiary/aromatic N) is 3. The summed E-state index contributed by atoms with van der Waals surface area (Å²) in [5.74, 6) is -1.88. The first-order valence-electron chi connectivity index (χ1n) is 14.0. The number of benzene rings is 3. The zero-order valence-corrected chi connectivity index (χ0v) is 24.3. The van der Waals surface area contributed by atoms with Crippen LogP contribution in [0.2, 0.25) is 10.0 Å². The van der Waals surface area contributed by atoms with Gasteiger partial charge in [0.15, 0.2) is 0 Å². The molecule has 1 spiro atoms. The average molecular weight is 623 g/mol. The van der Waals surface area contributed by atoms with Crippen molar-refractivity contribution in [2.24, 2.45) is 5.92 Å². The van der Waals surface area contributed by atoms with Gasteiger partial charge < -0.3 is 19.9 Å². The molecule has 2 N–H and O–H groups in total. The van der Waals surface area contributed by atoms with E-state index in [4.69, 9.17) is 37.8 Å². The van der Waals surface area contributed by atoms with E-state index in [1.807, 2.05) is 6.07 Å². The van der Waals surface area contributed by atoms with E-state index in [1.165, 1.54) is 19.2 Å². The van der Waals surface area contributed by atoms with Crippen LogP contribution in [0.4, 0.5) is 10.1 Å². The maximum atomic E-state index is 16.2. The van der Waals surface area contributed by atoms with E-state index in [1.54, 1.807) is 35.0 Å². The molecule has 220 valence electrons. The highest BCUT2D eigenvalue weighted by atomic mass is 35.5. The van der Waals surface area contributed by atoms with Gasteiger partial charge in [0.2, 0.25) is 11.8 Å². The second-order valence-corrected chi connectivity index (χ2v) is 12.5. The molecule has 4 atom stereocenters. The predicted octanol–water partition coefficient (Wildman–Crippen LogP) is 5.85. The summed E-state index contributed by atoms with van der Waals surface area (Å²) >= 11 is 12.7. The number of rotatable bonds is 5. The van der Waals surface area contributed by atoms with Gasteiger partial charge >= 0.3 is 5.97 Å². The van der Waals surface area contributed by atoms with E-state index in [9.17, 15) is 14.7 Å². The number of carboxylic acids is 1. The van der Waals surface area contributed by atoms with Crippen molar-refractivity contribution >= 4 is 51.7 Å². The van der Waals surface area contributed by atoms with Gasteiger partial charge in [-0.25, -0.2) is 13.9 Å². The van der Waals surface area contributed by atoms with Gasteiger partial charge in [-0.05, 0) is 54.7 Å². The van der Waals surface area contributed by atoms with Crippen LogP contribution in [-0.2, 0) is 10.3 Å². The summed E-state index contributed by atoms with van der Waals surface area (Å²) in [6.45, 7) is 0.809. The van der Waals surface area contributed by atoms with Crippen LogP contribution in [0.25, 0.3) is 10.9 Å². The van der Waals surface area contributed by atoms with E-state index < -0.39 is 29.3 Å². The van der Waals surface area contributed by atoms with Gasteiger partial charge in [-0.2, -0.15) is 5.10 Å². The summed E-state index contributed by atoms with van der Waals surface area (Å²) in [6.07, 6.45) is 2.07. The lowest BCUT2D eigenvalue weighted by Crippen LogP contribution is -2.54. The van der Waals surface area contributed by atoms with Crippen molar-refractivity contribution in [1.29, 1.82) is 0 Å². The lowest BCUT2D eigenvalue weighted by molar-refractivity contribution is -0.128. The molecule has 4 heterocycles. The number of carboxylic acid groups (broad SMARTS) is 1. The van der Waals surface area contributed by atoms with Crippen molar-refractivity contribution in [1.82, 2.24) is 14.7 Å². The first-order chi connectivity index (χ1) is 20.7. The third-order valence-corrected chi connectivity index (χ3v) is 9.90. The molecule has 12 heteroatoms. The first-order valence-corrected chi connectivity index (χ1v) is 14.8. The standard InChI is InChI=1S/C31H25Cl2FN4O5/c1-42-24-11-17-21(10-18(24)29(39)40)36-38-27-23(13-43-28(17)38)37(12-14-5-6-14)31(25(27)16-3-2-4-20(33)26(16)34)19-8-7-15(32)9-22(19)35-30(31)41/h2-4,7-11,14,23,25,27H,5-6,12-13H2,1H3,(H,35,41)(H,39,40)/t23-,25-,27+,31+/m1/s1. The number of hydrogen-bond donors (Lipinski definition) is 2. The van der Waals surface area contributed by atoms with Crippen LogP contribution in [0.3, 0.4) is 0 Å². The van der Waals surface area contributed by atoms with Crippen LogP contribution in [0, 0.1) is 11.7 Å². The fourth-order valence-corrected chi connectivity index (χ4v) is 7.81. The van der Waals surface area contributed by atoms with Crippen molar-refractivity contribution < 1.29 is 28.6 Å². The number of halogens is 3. The van der Waals surface area contributed by atoms with E-state index in [-0.39, 0.29) is 40.5 Å². The Morgan fingerprint density at radius 2 is 2.05 bits per heavy atom. The SMILES string of the molecule is COc1cc2c3n(nc2cc1C(=O)O)[C@H]1[C@@H](CO3)N(CC2CC2)[C@]2(C(=O)Nc3cc(Cl)ccc32)[C@@H]1c1cccc(Cl)c1F. The molecule has 0 bridgehead atoms. The zero-order valence-electron chi connectivity index (χ0n) is 22.8. The Bertz CT molecular complexity index is 1880. The van der Waals surface area contributed by atoms with Crippen molar-refractivity contribution in [3.05, 3.63) is 81.1 Å². The molecule has 3 aliphatic heterocycles. The molecule has 1 saturated carbocycles. The van der Waals surface area contributed by atoms with Crippen molar-refractivity contribution in [3.8, 4) is 11.6 Å². The molecule has 1 amide bonds. The largest absolute Gasteiger partial charge is 0.496 e. The molecule has 1 aliphatic carbocycles. The molecule has 4 aliphatic rings. The second kappa shape index (κ2) is 9.32. The number of hydrogen-bond acceptors (Lipinski definition) is 6. The second-order valence-electron chi connectivity index (χ2n) is 11.6. The number of amides is 1. The van der Waals surface area contributed by atoms with Crippen molar-refractivity contribution in [2.75, 3.05) is 25.6 Å². The van der Waals surface area contributed by atoms with E-state index >= 15 is 4.39 Å². The monoisotopic (exact) mass is 622 g/mol. The number of likely N-dealkylation sites (tertiary alicyclic amines) is 1. The molecule has 4 aromatic rings. The Labute approximate surface area is 255 Å². The van der Waals surface area contributed by atoms with Gasteiger partial charge in [-0.15, -0.1) is 0 Å². The zero-order chi connectivity index (χ0) is 29.8. The van der Waals surface area contributed by atoms with Gasteiger partial charge in [-0.1, -0.05) is 41.4 Å². The summed E-state index contributed by atoms with van der Waals surface area (Å²) in [6, 6.07) is 12.2. The fraction of sp³-hybridized carbons (Fsp3) is 0.323. The Morgan fingerprint density at radius 1 is 1.23 bits per heavy atom. The number of aromatic nitrogens is 2. The van der Waals surface area contributed by atoms with Crippen molar-refractivity contribution in [2.45, 2.75) is 36.4 Å². The quantitative estimate of drug-likeness (QED) is 0.288. The molecule has 1 saturated heterocycles. The molecule has 0 unspecified atom stereocenters. The summed E-state index contributed by atoms with van der Waals surface area (Å²) in [5, 5.41) is 18.7. The highest BCUT2D eigenvalue weighted by Crippen LogP contribution is 2.63. The highest BCUT2D eigenvalue weighted by molar-refractivity contribution is 6.31. The Hall–Kier alpha value is -3.86. The number of ether oxygens (including phenoxy) is 2. The van der Waals surface area contributed by atoms with Crippen LogP contribution in [-0.4, -0.2) is 58.0 Å². The average Bonchev–Trinajstić information content (AvgIpc) is 3.58. The van der Waals surface area contributed by atoms with Crippen LogP contribution in [0.5, 0.6) is 11.6 Å². The van der Waals surface area contributed by atoms with Crippen LogP contribution < -0.4 is 14.8 Å². The minimum atomic E-state index is -1.32. The highest BCUT2D eigenvalue weighted by Gasteiger charge is 2.69. The van der Waals surface area contributed by atoms with E-state index in [2.05, 4.69) is 10.2 Å². The van der Waals surface area contributed by atoms with Gasteiger partial charge in [0.1, 0.15) is 29.3 Å². The minimum absolute atomic E-state index is 0.0429. The van der Waals surface area contributed by atoms with Crippen LogP contribution in [0.1, 0.15) is 46.3 Å². The summed E-state index contributed by atoms with van der Waals surface area (Å²) < 4.78 is 29.7. The number of aromatic carboxylic acids is 1. The lowest BCUT2D eigenvalue weighted by Gasteiger charge is -2.39. The molecule has 0 radical (unpaired) electrons. The molecule has 2 fully saturated rings. The topological polar surface area (TPSA) is 106 Å². The summed E-state index contributed by atoms with van der Waals surface area (Å²) in [7, 11) is 1.40. The summed E-state index contributed by atoms with van der Waals surface area (Å²) in [4.78, 5) is 28.7. The maximum Gasteiger partial charge on any atom is 0.339 e. The summed E-state index contributed by atoms with van der Waals surface area (Å²) in [5.41, 5.74) is 0.586. The number of methoxy groups -OCH3 is 1.